The number of rotatable bonds is 5. The van der Waals surface area contributed by atoms with Gasteiger partial charge < -0.3 is 0 Å². The topological polar surface area (TPSA) is 113 Å². The molecule has 0 saturated heterocycles. The van der Waals surface area contributed by atoms with Crippen molar-refractivity contribution >= 4 is 38.6 Å². The van der Waals surface area contributed by atoms with Crippen LogP contribution >= 0.6 is 22.9 Å². The van der Waals surface area contributed by atoms with Crippen LogP contribution in [-0.4, -0.2) is 19.9 Å². The third-order valence-corrected chi connectivity index (χ3v) is 5.14. The highest BCUT2D eigenvalue weighted by atomic mass is 35.5. The van der Waals surface area contributed by atoms with E-state index < -0.39 is 26.6 Å². The number of nitrogens with zero attached hydrogens (tertiary/aromatic N) is 2. The minimum atomic E-state index is -3.87. The van der Waals surface area contributed by atoms with Gasteiger partial charge in [0.2, 0.25) is 10.0 Å². The van der Waals surface area contributed by atoms with E-state index in [0.717, 1.165) is 6.07 Å². The van der Waals surface area contributed by atoms with Gasteiger partial charge in [-0.15, -0.1) is 11.3 Å². The van der Waals surface area contributed by atoms with Crippen LogP contribution in [0.3, 0.4) is 0 Å². The highest BCUT2D eigenvalue weighted by Gasteiger charge is 2.25. The van der Waals surface area contributed by atoms with Crippen LogP contribution in [-0.2, 0) is 10.0 Å². The van der Waals surface area contributed by atoms with E-state index in [1.807, 2.05) is 6.07 Å². The molecular weight excluding hydrogens is 302 g/mol. The Labute approximate surface area is 112 Å². The monoisotopic (exact) mass is 309 g/mol. The van der Waals surface area contributed by atoms with Crippen molar-refractivity contribution in [2.75, 3.05) is 6.54 Å². The van der Waals surface area contributed by atoms with Crippen LogP contribution in [0, 0.1) is 27.4 Å². The number of halogens is 1. The maximum atomic E-state index is 11.7. The summed E-state index contributed by atoms with van der Waals surface area (Å²) >= 11 is 6.17. The normalized spacial score (nSPS) is 12.9. The summed E-state index contributed by atoms with van der Waals surface area (Å²) in [4.78, 5) is 9.79. The van der Waals surface area contributed by atoms with Crippen LogP contribution in [0.15, 0.2) is 10.3 Å². The van der Waals surface area contributed by atoms with Gasteiger partial charge >= 0.3 is 0 Å². The van der Waals surface area contributed by atoms with Gasteiger partial charge in [0.25, 0.3) is 5.69 Å². The second-order valence-electron chi connectivity index (χ2n) is 3.36. The first-order chi connectivity index (χ1) is 8.27. The largest absolute Gasteiger partial charge is 0.300 e. The number of hydrogen-bond acceptors (Lipinski definition) is 6. The highest BCUT2D eigenvalue weighted by molar-refractivity contribution is 7.91. The molecule has 10 heteroatoms. The molecule has 0 bridgehead atoms. The number of thiophene rings is 1. The first-order valence-electron chi connectivity index (χ1n) is 4.61. The number of nitriles is 1. The summed E-state index contributed by atoms with van der Waals surface area (Å²) in [6.07, 6.45) is 0. The smallest absolute Gasteiger partial charge is 0.258 e. The van der Waals surface area contributed by atoms with Crippen molar-refractivity contribution in [1.29, 1.82) is 5.26 Å². The Balaban J connectivity index is 2.96. The maximum Gasteiger partial charge on any atom is 0.300 e. The van der Waals surface area contributed by atoms with E-state index >= 15 is 0 Å². The molecule has 1 aromatic heterocycles. The van der Waals surface area contributed by atoms with E-state index in [1.165, 1.54) is 0 Å². The Morgan fingerprint density at radius 2 is 2.33 bits per heavy atom. The second-order valence-corrected chi connectivity index (χ2v) is 7.01. The summed E-state index contributed by atoms with van der Waals surface area (Å²) in [6.45, 7) is 1.48. The first kappa shape index (κ1) is 14.8. The van der Waals surface area contributed by atoms with Crippen molar-refractivity contribution in [1.82, 2.24) is 4.72 Å². The molecule has 0 aromatic carbocycles. The Morgan fingerprint density at radius 3 is 2.78 bits per heavy atom. The quantitative estimate of drug-likeness (QED) is 0.657. The van der Waals surface area contributed by atoms with Gasteiger partial charge in [-0.3, -0.25) is 10.1 Å². The molecule has 1 rings (SSSR count). The fourth-order valence-corrected chi connectivity index (χ4v) is 3.79. The van der Waals surface area contributed by atoms with E-state index in [-0.39, 0.29) is 15.1 Å². The van der Waals surface area contributed by atoms with Crippen LogP contribution in [0.25, 0.3) is 0 Å². The third kappa shape index (κ3) is 3.39. The molecule has 18 heavy (non-hydrogen) atoms. The van der Waals surface area contributed by atoms with Gasteiger partial charge in [0.1, 0.15) is 4.21 Å². The van der Waals surface area contributed by atoms with Crippen LogP contribution in [0.4, 0.5) is 5.69 Å². The van der Waals surface area contributed by atoms with Gasteiger partial charge in [0.15, 0.2) is 4.34 Å². The van der Waals surface area contributed by atoms with Crippen molar-refractivity contribution in [2.45, 2.75) is 11.1 Å². The molecule has 0 fully saturated rings. The predicted octanol–water partition coefficient (Wildman–Crippen LogP) is 1.75. The molecule has 0 radical (unpaired) electrons. The number of nitro groups is 1. The molecule has 0 spiro atoms. The van der Waals surface area contributed by atoms with Crippen LogP contribution < -0.4 is 4.72 Å². The average Bonchev–Trinajstić information content (AvgIpc) is 2.69. The molecule has 0 amide bonds. The van der Waals surface area contributed by atoms with E-state index in [9.17, 15) is 18.5 Å². The summed E-state index contributed by atoms with van der Waals surface area (Å²) in [5.41, 5.74) is -0.449. The fourth-order valence-electron chi connectivity index (χ4n) is 0.947. The summed E-state index contributed by atoms with van der Waals surface area (Å²) in [6, 6.07) is 2.76. The van der Waals surface area contributed by atoms with E-state index in [2.05, 4.69) is 4.72 Å². The molecule has 7 nitrogen and oxygen atoms in total. The minimum absolute atomic E-state index is 0.0673. The Kier molecular flexibility index (Phi) is 4.64. The Morgan fingerprint density at radius 1 is 1.72 bits per heavy atom. The molecule has 98 valence electrons. The second kappa shape index (κ2) is 5.62. The molecule has 1 unspecified atom stereocenters. The van der Waals surface area contributed by atoms with Gasteiger partial charge in [-0.2, -0.15) is 5.26 Å². The van der Waals surface area contributed by atoms with Gasteiger partial charge in [-0.1, -0.05) is 11.6 Å². The molecule has 0 saturated carbocycles. The van der Waals surface area contributed by atoms with Gasteiger partial charge in [0.05, 0.1) is 16.9 Å². The number of sulfonamides is 1. The van der Waals surface area contributed by atoms with E-state index in [1.54, 1.807) is 6.92 Å². The molecule has 1 N–H and O–H groups in total. The molecule has 0 aliphatic rings. The average molecular weight is 310 g/mol. The molecule has 0 aliphatic carbocycles. The molecule has 0 aliphatic heterocycles. The molecular formula is C8H8ClN3O4S2. The molecule has 1 aromatic rings. The summed E-state index contributed by atoms with van der Waals surface area (Å²) in [5.74, 6) is -0.495. The minimum Gasteiger partial charge on any atom is -0.258 e. The predicted molar refractivity (Wildman–Crippen MR) is 65.9 cm³/mol. The summed E-state index contributed by atoms with van der Waals surface area (Å²) < 4.78 is 25.2. The first-order valence-corrected chi connectivity index (χ1v) is 7.28. The standard InChI is InChI=1S/C8H8ClN3O4S2/c1-5(3-10)4-11-18(15,16)7-2-6(12(13)14)8(9)17-7/h2,5,11H,4H2,1H3. The van der Waals surface area contributed by atoms with Crippen molar-refractivity contribution in [3.05, 3.63) is 20.5 Å². The highest BCUT2D eigenvalue weighted by Crippen LogP contribution is 2.36. The van der Waals surface area contributed by atoms with Crippen molar-refractivity contribution in [3.8, 4) is 6.07 Å². The Bertz CT molecular complexity index is 604. The lowest BCUT2D eigenvalue weighted by molar-refractivity contribution is -0.384. The zero-order valence-corrected chi connectivity index (χ0v) is 11.5. The third-order valence-electron chi connectivity index (χ3n) is 1.91. The van der Waals surface area contributed by atoms with Crippen molar-refractivity contribution < 1.29 is 13.3 Å². The Hall–Kier alpha value is -1.21. The number of hydrogen-bond donors (Lipinski definition) is 1. The molecule has 1 atom stereocenters. The lowest BCUT2D eigenvalue weighted by Crippen LogP contribution is -2.27. The van der Waals surface area contributed by atoms with E-state index in [0.29, 0.717) is 11.3 Å². The van der Waals surface area contributed by atoms with E-state index in [4.69, 9.17) is 16.9 Å². The zero-order chi connectivity index (χ0) is 13.9. The molecule has 1 heterocycles. The lowest BCUT2D eigenvalue weighted by atomic mass is 10.2. The van der Waals surface area contributed by atoms with Gasteiger partial charge in [-0.25, -0.2) is 13.1 Å². The van der Waals surface area contributed by atoms with Crippen molar-refractivity contribution in [3.63, 3.8) is 0 Å². The number of nitrogens with one attached hydrogen (secondary N) is 1. The van der Waals surface area contributed by atoms with Gasteiger partial charge in [-0.05, 0) is 6.92 Å². The summed E-state index contributed by atoms with van der Waals surface area (Å²) in [7, 11) is -3.87. The zero-order valence-electron chi connectivity index (χ0n) is 9.08. The van der Waals surface area contributed by atoms with Crippen LogP contribution in [0.5, 0.6) is 0 Å². The van der Waals surface area contributed by atoms with Crippen LogP contribution in [0.1, 0.15) is 6.92 Å². The lowest BCUT2D eigenvalue weighted by Gasteiger charge is -2.04. The van der Waals surface area contributed by atoms with Crippen LogP contribution in [0.2, 0.25) is 4.34 Å². The fraction of sp³-hybridized carbons (Fsp3) is 0.375. The maximum absolute atomic E-state index is 11.7. The summed E-state index contributed by atoms with van der Waals surface area (Å²) in [5, 5.41) is 19.1. The van der Waals surface area contributed by atoms with Gasteiger partial charge in [0, 0.05) is 12.6 Å². The van der Waals surface area contributed by atoms with Crippen molar-refractivity contribution in [2.24, 2.45) is 5.92 Å². The SMILES string of the molecule is CC(C#N)CNS(=O)(=O)c1cc([N+](=O)[O-])c(Cl)s1.